The molecule has 0 atom stereocenters. The summed E-state index contributed by atoms with van der Waals surface area (Å²) in [6.45, 7) is 5.65. The fourth-order valence-electron chi connectivity index (χ4n) is 0.243. The van der Waals surface area contributed by atoms with Crippen molar-refractivity contribution in [3.05, 3.63) is 0 Å². The maximum Gasteiger partial charge on any atom is 0.403 e. The van der Waals surface area contributed by atoms with Crippen molar-refractivity contribution in [1.82, 2.24) is 5.15 Å². The number of hydrogen-bond donors (Lipinski definition) is 1. The Morgan fingerprint density at radius 1 is 1.10 bits per heavy atom. The number of rotatable bonds is 3. The average Bonchev–Trinajstić information content (AvgIpc) is 1.57. The van der Waals surface area contributed by atoms with E-state index < -0.39 is 15.2 Å². The SMILES string of the molecule is C[Si](C)(C)NO[Si](C)(Cl)Cl. The van der Waals surface area contributed by atoms with Gasteiger partial charge in [-0.05, 0) is 6.55 Å². The molecule has 0 aliphatic carbocycles. The molecule has 0 aromatic heterocycles. The highest BCUT2D eigenvalue weighted by Gasteiger charge is 2.26. The first-order valence-corrected chi connectivity index (χ1v) is 11.0. The first-order valence-electron chi connectivity index (χ1n) is 3.04. The number of halogens is 2. The van der Waals surface area contributed by atoms with E-state index in [-0.39, 0.29) is 0 Å². The van der Waals surface area contributed by atoms with E-state index in [4.69, 9.17) is 26.7 Å². The van der Waals surface area contributed by atoms with Gasteiger partial charge in [0.15, 0.2) is 0 Å². The molecule has 0 saturated carbocycles. The maximum atomic E-state index is 5.68. The monoisotopic (exact) mass is 217 g/mol. The van der Waals surface area contributed by atoms with Crippen molar-refractivity contribution in [1.29, 1.82) is 0 Å². The zero-order valence-electron chi connectivity index (χ0n) is 6.66. The molecule has 0 spiro atoms. The third-order valence-electron chi connectivity index (χ3n) is 0.536. The normalized spacial score (nSPS) is 13.8. The van der Waals surface area contributed by atoms with Crippen LogP contribution in [0, 0.1) is 0 Å². The Labute approximate surface area is 73.4 Å². The predicted octanol–water partition coefficient (Wildman–Crippen LogP) is 2.39. The van der Waals surface area contributed by atoms with Gasteiger partial charge in [-0.25, -0.2) is 5.15 Å². The van der Waals surface area contributed by atoms with Gasteiger partial charge >= 0.3 is 6.94 Å². The molecule has 0 aromatic rings. The van der Waals surface area contributed by atoms with Crippen molar-refractivity contribution in [3.8, 4) is 0 Å². The van der Waals surface area contributed by atoms with Gasteiger partial charge in [-0.2, -0.15) is 0 Å². The zero-order chi connectivity index (χ0) is 8.41. The molecule has 0 fully saturated rings. The lowest BCUT2D eigenvalue weighted by Gasteiger charge is -2.21. The molecule has 0 radical (unpaired) electrons. The molecule has 10 heavy (non-hydrogen) atoms. The Kier molecular flexibility index (Phi) is 3.89. The van der Waals surface area contributed by atoms with Crippen LogP contribution in [0.15, 0.2) is 0 Å². The lowest BCUT2D eigenvalue weighted by atomic mass is 11.8. The van der Waals surface area contributed by atoms with Crippen LogP contribution in [0.3, 0.4) is 0 Å². The summed E-state index contributed by atoms with van der Waals surface area (Å²) in [7, 11) is -1.37. The van der Waals surface area contributed by atoms with Gasteiger partial charge in [-0.15, -0.1) is 22.2 Å². The molecule has 0 unspecified atom stereocenters. The van der Waals surface area contributed by atoms with Crippen molar-refractivity contribution in [3.63, 3.8) is 0 Å². The minimum absolute atomic E-state index is 1.37. The van der Waals surface area contributed by atoms with Crippen LogP contribution in [0.5, 0.6) is 0 Å². The second-order valence-electron chi connectivity index (χ2n) is 3.26. The Hall–Kier alpha value is 0.934. The molecule has 0 bridgehead atoms. The minimum Gasteiger partial charge on any atom is -0.316 e. The van der Waals surface area contributed by atoms with Gasteiger partial charge in [0.2, 0.25) is 0 Å². The highest BCUT2D eigenvalue weighted by atomic mass is 35.7. The molecule has 0 saturated heterocycles. The topological polar surface area (TPSA) is 21.3 Å². The Bertz CT molecular complexity index is 94.8. The number of nitrogens with one attached hydrogen (secondary N) is 1. The number of hydrogen-bond acceptors (Lipinski definition) is 2. The van der Waals surface area contributed by atoms with E-state index in [0.29, 0.717) is 0 Å². The minimum atomic E-state index is -2.40. The van der Waals surface area contributed by atoms with E-state index in [9.17, 15) is 0 Å². The van der Waals surface area contributed by atoms with Gasteiger partial charge in [0.05, 0.1) is 0 Å². The molecule has 0 aliphatic rings. The molecule has 1 N–H and O–H groups in total. The molecule has 6 heteroatoms. The summed E-state index contributed by atoms with van der Waals surface area (Å²) < 4.78 is 5.08. The van der Waals surface area contributed by atoms with E-state index in [1.807, 2.05) is 0 Å². The second-order valence-corrected chi connectivity index (χ2v) is 14.7. The summed E-state index contributed by atoms with van der Waals surface area (Å²) in [5.41, 5.74) is 0. The van der Waals surface area contributed by atoms with Crippen molar-refractivity contribution >= 4 is 37.3 Å². The van der Waals surface area contributed by atoms with Crippen LogP contribution < -0.4 is 5.15 Å². The standard InChI is InChI=1S/C4H13Cl2NOSi2/c1-9(2,3)7-8-10(4,5)6/h7H,1-4H3. The first kappa shape index (κ1) is 10.9. The summed E-state index contributed by atoms with van der Waals surface area (Å²) in [5, 5.41) is 2.90. The average molecular weight is 218 g/mol. The zero-order valence-corrected chi connectivity index (χ0v) is 10.2. The second kappa shape index (κ2) is 3.56. The molecule has 2 nitrogen and oxygen atoms in total. The third kappa shape index (κ3) is 8.93. The van der Waals surface area contributed by atoms with Gasteiger partial charge in [-0.3, -0.25) is 0 Å². The maximum absolute atomic E-state index is 5.68. The van der Waals surface area contributed by atoms with E-state index in [2.05, 4.69) is 24.8 Å². The molecule has 0 aromatic carbocycles. The largest absolute Gasteiger partial charge is 0.403 e. The third-order valence-corrected chi connectivity index (χ3v) is 2.38. The fraction of sp³-hybridized carbons (Fsp3) is 1.00. The van der Waals surface area contributed by atoms with Crippen LogP contribution in [0.4, 0.5) is 0 Å². The molecule has 0 rings (SSSR count). The van der Waals surface area contributed by atoms with Crippen molar-refractivity contribution in [2.45, 2.75) is 26.2 Å². The van der Waals surface area contributed by atoms with Gasteiger partial charge in [0, 0.05) is 0 Å². The molecule has 0 amide bonds. The summed E-state index contributed by atoms with van der Waals surface area (Å²) in [6.07, 6.45) is 0. The summed E-state index contributed by atoms with van der Waals surface area (Å²) in [5.74, 6) is 0. The van der Waals surface area contributed by atoms with Gasteiger partial charge in [-0.1, -0.05) is 19.6 Å². The van der Waals surface area contributed by atoms with Crippen LogP contribution in [0.25, 0.3) is 0 Å². The van der Waals surface area contributed by atoms with Crippen molar-refractivity contribution < 1.29 is 4.53 Å². The van der Waals surface area contributed by atoms with Crippen LogP contribution in [0.2, 0.25) is 26.2 Å². The molecule has 0 heterocycles. The Morgan fingerprint density at radius 2 is 1.50 bits per heavy atom. The van der Waals surface area contributed by atoms with E-state index in [1.165, 1.54) is 0 Å². The molecule has 62 valence electrons. The van der Waals surface area contributed by atoms with Gasteiger partial charge in [0.25, 0.3) is 0 Å². The van der Waals surface area contributed by atoms with Crippen LogP contribution in [-0.2, 0) is 4.53 Å². The first-order chi connectivity index (χ1) is 4.21. The highest BCUT2D eigenvalue weighted by Crippen LogP contribution is 2.14. The lowest BCUT2D eigenvalue weighted by molar-refractivity contribution is 0.273. The lowest BCUT2D eigenvalue weighted by Crippen LogP contribution is -2.45. The van der Waals surface area contributed by atoms with E-state index in [0.717, 1.165) is 0 Å². The quantitative estimate of drug-likeness (QED) is 0.446. The summed E-state index contributed by atoms with van der Waals surface area (Å²) in [6, 6.07) is 0. The van der Waals surface area contributed by atoms with Crippen LogP contribution in [0.1, 0.15) is 0 Å². The molecule has 0 aliphatic heterocycles. The Balaban J connectivity index is 3.56. The Morgan fingerprint density at radius 3 is 1.60 bits per heavy atom. The van der Waals surface area contributed by atoms with E-state index >= 15 is 0 Å². The van der Waals surface area contributed by atoms with Gasteiger partial charge < -0.3 is 4.53 Å². The van der Waals surface area contributed by atoms with E-state index in [1.54, 1.807) is 6.55 Å². The van der Waals surface area contributed by atoms with Gasteiger partial charge in [0.1, 0.15) is 8.24 Å². The van der Waals surface area contributed by atoms with Crippen molar-refractivity contribution in [2.75, 3.05) is 0 Å². The molecular formula is C4H13Cl2NOSi2. The molecular weight excluding hydrogens is 205 g/mol. The summed E-state index contributed by atoms with van der Waals surface area (Å²) in [4.78, 5) is 0. The van der Waals surface area contributed by atoms with Crippen LogP contribution in [-0.4, -0.2) is 15.2 Å². The highest BCUT2D eigenvalue weighted by molar-refractivity contribution is 7.41. The predicted molar refractivity (Wildman–Crippen MR) is 50.9 cm³/mol. The van der Waals surface area contributed by atoms with Crippen LogP contribution >= 0.6 is 22.2 Å². The smallest absolute Gasteiger partial charge is 0.316 e. The fourth-order valence-corrected chi connectivity index (χ4v) is 2.88. The van der Waals surface area contributed by atoms with Crippen molar-refractivity contribution in [2.24, 2.45) is 0 Å². The summed E-state index contributed by atoms with van der Waals surface area (Å²) >= 11 is 11.4.